The molecule has 124 valence electrons. The van der Waals surface area contributed by atoms with E-state index < -0.39 is 0 Å². The lowest BCUT2D eigenvalue weighted by molar-refractivity contribution is -0.115. The summed E-state index contributed by atoms with van der Waals surface area (Å²) in [4.78, 5) is 25.1. The van der Waals surface area contributed by atoms with E-state index in [1.807, 2.05) is 37.3 Å². The Labute approximate surface area is 144 Å². The summed E-state index contributed by atoms with van der Waals surface area (Å²) in [7, 11) is 1.60. The Bertz CT molecular complexity index is 792. The van der Waals surface area contributed by atoms with Crippen molar-refractivity contribution in [2.75, 3.05) is 12.4 Å². The zero-order valence-electron chi connectivity index (χ0n) is 13.5. The quantitative estimate of drug-likeness (QED) is 0.896. The lowest BCUT2D eigenvalue weighted by atomic mass is 10.1. The number of hydrogen-bond acceptors (Lipinski definition) is 4. The van der Waals surface area contributed by atoms with Crippen LogP contribution in [-0.2, 0) is 11.3 Å². The van der Waals surface area contributed by atoms with Gasteiger partial charge in [0, 0.05) is 22.6 Å². The van der Waals surface area contributed by atoms with Gasteiger partial charge in [0.05, 0.1) is 18.0 Å². The number of amides is 2. The van der Waals surface area contributed by atoms with Gasteiger partial charge in [-0.25, -0.2) is 0 Å². The van der Waals surface area contributed by atoms with Crippen LogP contribution >= 0.6 is 11.8 Å². The molecule has 1 heterocycles. The highest BCUT2D eigenvalue weighted by Gasteiger charge is 2.23. The number of benzene rings is 2. The predicted molar refractivity (Wildman–Crippen MR) is 94.6 cm³/mol. The van der Waals surface area contributed by atoms with Crippen LogP contribution in [0.3, 0.4) is 0 Å². The summed E-state index contributed by atoms with van der Waals surface area (Å²) in [6, 6.07) is 12.9. The molecule has 0 bridgehead atoms. The maximum absolute atomic E-state index is 12.4. The van der Waals surface area contributed by atoms with Gasteiger partial charge in [-0.2, -0.15) is 0 Å². The van der Waals surface area contributed by atoms with Crippen LogP contribution in [0.1, 0.15) is 22.8 Å². The molecule has 2 N–H and O–H groups in total. The summed E-state index contributed by atoms with van der Waals surface area (Å²) >= 11 is 1.50. The van der Waals surface area contributed by atoms with E-state index in [-0.39, 0.29) is 17.1 Å². The normalized spacial score (nSPS) is 16.1. The van der Waals surface area contributed by atoms with Crippen LogP contribution in [0.15, 0.2) is 47.4 Å². The van der Waals surface area contributed by atoms with Gasteiger partial charge in [0.25, 0.3) is 5.91 Å². The Morgan fingerprint density at radius 1 is 1.29 bits per heavy atom. The second kappa shape index (κ2) is 6.97. The average Bonchev–Trinajstić information content (AvgIpc) is 2.60. The van der Waals surface area contributed by atoms with E-state index in [0.717, 1.165) is 16.2 Å². The van der Waals surface area contributed by atoms with Crippen molar-refractivity contribution >= 4 is 29.3 Å². The molecule has 0 saturated heterocycles. The maximum Gasteiger partial charge on any atom is 0.251 e. The number of methoxy groups -OCH3 is 1. The molecule has 0 aromatic heterocycles. The predicted octanol–water partition coefficient (Wildman–Crippen LogP) is 3.06. The second-order valence-corrected chi connectivity index (χ2v) is 6.84. The summed E-state index contributed by atoms with van der Waals surface area (Å²) in [6.45, 7) is 2.23. The first-order chi connectivity index (χ1) is 11.6. The zero-order valence-corrected chi connectivity index (χ0v) is 14.3. The molecule has 0 spiro atoms. The summed E-state index contributed by atoms with van der Waals surface area (Å²) in [5, 5.41) is 5.59. The van der Waals surface area contributed by atoms with E-state index in [0.29, 0.717) is 17.8 Å². The smallest absolute Gasteiger partial charge is 0.251 e. The molecule has 3 rings (SSSR count). The van der Waals surface area contributed by atoms with Crippen molar-refractivity contribution in [1.82, 2.24) is 5.32 Å². The van der Waals surface area contributed by atoms with Crippen LogP contribution in [0.25, 0.3) is 0 Å². The van der Waals surface area contributed by atoms with Crippen LogP contribution < -0.4 is 15.4 Å². The van der Waals surface area contributed by atoms with Gasteiger partial charge in [0.1, 0.15) is 5.75 Å². The molecule has 2 amide bonds. The fourth-order valence-corrected chi connectivity index (χ4v) is 3.41. The number of carbonyl (C=O) groups excluding carboxylic acids is 2. The molecule has 1 aliphatic heterocycles. The first-order valence-electron chi connectivity index (χ1n) is 7.60. The van der Waals surface area contributed by atoms with E-state index in [1.54, 1.807) is 19.2 Å². The third-order valence-corrected chi connectivity index (χ3v) is 4.98. The van der Waals surface area contributed by atoms with Crippen molar-refractivity contribution in [2.24, 2.45) is 0 Å². The molecule has 1 aliphatic rings. The van der Waals surface area contributed by atoms with Crippen LogP contribution in [0, 0.1) is 0 Å². The highest BCUT2D eigenvalue weighted by molar-refractivity contribution is 8.00. The highest BCUT2D eigenvalue weighted by atomic mass is 32.2. The van der Waals surface area contributed by atoms with E-state index in [9.17, 15) is 9.59 Å². The number of ether oxygens (including phenoxy) is 1. The van der Waals surface area contributed by atoms with Crippen LogP contribution in [-0.4, -0.2) is 24.2 Å². The topological polar surface area (TPSA) is 67.4 Å². The summed E-state index contributed by atoms with van der Waals surface area (Å²) in [6.07, 6.45) is 0. The van der Waals surface area contributed by atoms with Crippen molar-refractivity contribution in [3.63, 3.8) is 0 Å². The maximum atomic E-state index is 12.4. The minimum Gasteiger partial charge on any atom is -0.496 e. The number of rotatable bonds is 4. The second-order valence-electron chi connectivity index (χ2n) is 5.45. The Balaban J connectivity index is 1.72. The third-order valence-electron chi connectivity index (χ3n) is 3.80. The molecule has 1 atom stereocenters. The Kier molecular flexibility index (Phi) is 4.76. The van der Waals surface area contributed by atoms with Crippen molar-refractivity contribution in [3.05, 3.63) is 53.6 Å². The molecule has 0 radical (unpaired) electrons. The van der Waals surface area contributed by atoms with Gasteiger partial charge >= 0.3 is 0 Å². The van der Waals surface area contributed by atoms with E-state index in [4.69, 9.17) is 4.74 Å². The van der Waals surface area contributed by atoms with Gasteiger partial charge in [0.15, 0.2) is 0 Å². The number of fused-ring (bicyclic) bond motifs is 1. The number of nitrogens with one attached hydrogen (secondary N) is 2. The SMILES string of the molecule is COc1ccccc1CNC(=O)c1ccc2c(c1)NC(=O)[C@@H](C)S2. The van der Waals surface area contributed by atoms with Crippen molar-refractivity contribution in [2.45, 2.75) is 23.6 Å². The molecule has 2 aromatic rings. The van der Waals surface area contributed by atoms with Gasteiger partial charge in [-0.3, -0.25) is 9.59 Å². The summed E-state index contributed by atoms with van der Waals surface area (Å²) in [5.41, 5.74) is 2.11. The molecule has 2 aromatic carbocycles. The van der Waals surface area contributed by atoms with Crippen LogP contribution in [0.5, 0.6) is 5.75 Å². The third kappa shape index (κ3) is 3.38. The van der Waals surface area contributed by atoms with Gasteiger partial charge in [-0.05, 0) is 31.2 Å². The number of hydrogen-bond donors (Lipinski definition) is 2. The van der Waals surface area contributed by atoms with Gasteiger partial charge in [0.2, 0.25) is 5.91 Å². The van der Waals surface area contributed by atoms with Gasteiger partial charge < -0.3 is 15.4 Å². The molecular formula is C18H18N2O3S. The number of anilines is 1. The number of carbonyl (C=O) groups is 2. The van der Waals surface area contributed by atoms with Crippen LogP contribution in [0.4, 0.5) is 5.69 Å². The lowest BCUT2D eigenvalue weighted by Crippen LogP contribution is -2.27. The summed E-state index contributed by atoms with van der Waals surface area (Å²) in [5.74, 6) is 0.501. The lowest BCUT2D eigenvalue weighted by Gasteiger charge is -2.21. The standard InChI is InChI=1S/C18H18N2O3S/c1-11-17(21)20-14-9-12(7-8-16(14)24-11)18(22)19-10-13-5-3-4-6-15(13)23-2/h3-9,11H,10H2,1-2H3,(H,19,22)(H,20,21)/t11-/m1/s1. The van der Waals surface area contributed by atoms with Gasteiger partial charge in [-0.1, -0.05) is 18.2 Å². The minimum atomic E-state index is -0.193. The number of thioether (sulfide) groups is 1. The summed E-state index contributed by atoms with van der Waals surface area (Å²) < 4.78 is 5.28. The van der Waals surface area contributed by atoms with Crippen molar-refractivity contribution in [3.8, 4) is 5.75 Å². The molecule has 0 fully saturated rings. The van der Waals surface area contributed by atoms with Crippen LogP contribution in [0.2, 0.25) is 0 Å². The molecule has 6 heteroatoms. The van der Waals surface area contributed by atoms with Gasteiger partial charge in [-0.15, -0.1) is 11.8 Å². The fraction of sp³-hybridized carbons (Fsp3) is 0.222. The monoisotopic (exact) mass is 342 g/mol. The molecular weight excluding hydrogens is 324 g/mol. The molecule has 0 aliphatic carbocycles. The molecule has 0 saturated carbocycles. The Morgan fingerprint density at radius 2 is 2.08 bits per heavy atom. The molecule has 24 heavy (non-hydrogen) atoms. The Morgan fingerprint density at radius 3 is 2.88 bits per heavy atom. The first kappa shape index (κ1) is 16.4. The first-order valence-corrected chi connectivity index (χ1v) is 8.48. The van der Waals surface area contributed by atoms with E-state index >= 15 is 0 Å². The van der Waals surface area contributed by atoms with E-state index in [2.05, 4.69) is 10.6 Å². The average molecular weight is 342 g/mol. The highest BCUT2D eigenvalue weighted by Crippen LogP contribution is 2.35. The zero-order chi connectivity index (χ0) is 17.1. The minimum absolute atomic E-state index is 0.0425. The molecule has 5 nitrogen and oxygen atoms in total. The largest absolute Gasteiger partial charge is 0.496 e. The fourth-order valence-electron chi connectivity index (χ4n) is 2.48. The number of para-hydroxylation sites is 1. The van der Waals surface area contributed by atoms with Crippen molar-refractivity contribution < 1.29 is 14.3 Å². The van der Waals surface area contributed by atoms with E-state index in [1.165, 1.54) is 11.8 Å². The molecule has 0 unspecified atom stereocenters. The Hall–Kier alpha value is -2.47. The van der Waals surface area contributed by atoms with Crippen molar-refractivity contribution in [1.29, 1.82) is 0 Å².